The summed E-state index contributed by atoms with van der Waals surface area (Å²) in [4.78, 5) is 43.0. The van der Waals surface area contributed by atoms with E-state index in [0.717, 1.165) is 22.2 Å². The van der Waals surface area contributed by atoms with Crippen LogP contribution < -0.4 is 10.6 Å². The summed E-state index contributed by atoms with van der Waals surface area (Å²) < 4.78 is 0. The summed E-state index contributed by atoms with van der Waals surface area (Å²) in [5.74, 6) is -0.966. The minimum absolute atomic E-state index is 0.115. The number of benzene rings is 3. The molecule has 2 amide bonds. The van der Waals surface area contributed by atoms with Crippen molar-refractivity contribution in [2.45, 2.75) is 13.0 Å². The zero-order chi connectivity index (χ0) is 23.4. The van der Waals surface area contributed by atoms with Crippen molar-refractivity contribution < 1.29 is 14.5 Å². The third-order valence-electron chi connectivity index (χ3n) is 5.29. The SMILES string of the molecule is Cc1ccc(C(=O)NCC(=O)NC(c2ccccc2)c2ccc3nc[nH]c3c2)cc1[N+](=O)[O-]. The lowest BCUT2D eigenvalue weighted by Crippen LogP contribution is -2.39. The van der Waals surface area contributed by atoms with Gasteiger partial charge in [0, 0.05) is 17.2 Å². The molecule has 9 heteroatoms. The minimum atomic E-state index is -0.566. The number of rotatable bonds is 7. The van der Waals surface area contributed by atoms with Gasteiger partial charge in [0.15, 0.2) is 0 Å². The standard InChI is InChI=1S/C24H21N5O4/c1-15-7-8-18(12-21(15)29(32)33)24(31)25-13-22(30)28-23(16-5-3-2-4-6-16)17-9-10-19-20(11-17)27-14-26-19/h2-12,14,23H,13H2,1H3,(H,25,31)(H,26,27)(H,28,30). The van der Waals surface area contributed by atoms with E-state index in [4.69, 9.17) is 0 Å². The maximum atomic E-state index is 12.7. The Kier molecular flexibility index (Phi) is 6.12. The molecule has 4 aromatic rings. The second kappa shape index (κ2) is 9.31. The molecule has 0 aliphatic rings. The highest BCUT2D eigenvalue weighted by Gasteiger charge is 2.19. The van der Waals surface area contributed by atoms with E-state index in [2.05, 4.69) is 20.6 Å². The van der Waals surface area contributed by atoms with Crippen LogP contribution in [-0.2, 0) is 4.79 Å². The van der Waals surface area contributed by atoms with Crippen LogP contribution in [0.2, 0.25) is 0 Å². The van der Waals surface area contributed by atoms with Crippen LogP contribution in [0.5, 0.6) is 0 Å². The molecule has 3 aromatic carbocycles. The molecule has 0 aliphatic heterocycles. The third-order valence-corrected chi connectivity index (χ3v) is 5.29. The van der Waals surface area contributed by atoms with E-state index in [1.807, 2.05) is 48.5 Å². The van der Waals surface area contributed by atoms with E-state index in [1.165, 1.54) is 18.2 Å². The number of fused-ring (bicyclic) bond motifs is 1. The van der Waals surface area contributed by atoms with Gasteiger partial charge >= 0.3 is 0 Å². The van der Waals surface area contributed by atoms with E-state index < -0.39 is 22.8 Å². The van der Waals surface area contributed by atoms with Gasteiger partial charge in [0.25, 0.3) is 11.6 Å². The first-order valence-electron chi connectivity index (χ1n) is 10.2. The second-order valence-corrected chi connectivity index (χ2v) is 7.53. The van der Waals surface area contributed by atoms with Crippen molar-refractivity contribution in [1.29, 1.82) is 0 Å². The summed E-state index contributed by atoms with van der Waals surface area (Å²) in [6, 6.07) is 18.9. The quantitative estimate of drug-likeness (QED) is 0.298. The molecule has 0 saturated carbocycles. The van der Waals surface area contributed by atoms with Crippen molar-refractivity contribution >= 4 is 28.5 Å². The number of carbonyl (C=O) groups is 2. The van der Waals surface area contributed by atoms with Gasteiger partial charge in [-0.15, -0.1) is 0 Å². The number of nitrogens with one attached hydrogen (secondary N) is 3. The number of nitro benzene ring substituents is 1. The Morgan fingerprint density at radius 3 is 2.61 bits per heavy atom. The molecule has 0 aliphatic carbocycles. The number of hydrogen-bond acceptors (Lipinski definition) is 5. The lowest BCUT2D eigenvalue weighted by Gasteiger charge is -2.20. The number of H-pyrrole nitrogens is 1. The van der Waals surface area contributed by atoms with Gasteiger partial charge in [0.1, 0.15) is 0 Å². The molecule has 4 rings (SSSR count). The maximum Gasteiger partial charge on any atom is 0.273 e. The minimum Gasteiger partial charge on any atom is -0.345 e. The van der Waals surface area contributed by atoms with Crippen LogP contribution in [0.4, 0.5) is 5.69 Å². The number of aromatic amines is 1. The lowest BCUT2D eigenvalue weighted by molar-refractivity contribution is -0.385. The Balaban J connectivity index is 1.49. The smallest absolute Gasteiger partial charge is 0.273 e. The molecule has 0 radical (unpaired) electrons. The van der Waals surface area contributed by atoms with Gasteiger partial charge < -0.3 is 15.6 Å². The monoisotopic (exact) mass is 443 g/mol. The van der Waals surface area contributed by atoms with Gasteiger partial charge in [-0.1, -0.05) is 42.5 Å². The number of nitro groups is 1. The van der Waals surface area contributed by atoms with Crippen LogP contribution in [0.15, 0.2) is 73.1 Å². The summed E-state index contributed by atoms with van der Waals surface area (Å²) in [7, 11) is 0. The summed E-state index contributed by atoms with van der Waals surface area (Å²) >= 11 is 0. The number of amides is 2. The van der Waals surface area contributed by atoms with Gasteiger partial charge in [0.2, 0.25) is 5.91 Å². The van der Waals surface area contributed by atoms with Gasteiger partial charge in [-0.05, 0) is 36.2 Å². The summed E-state index contributed by atoms with van der Waals surface area (Å²) in [6.07, 6.45) is 1.61. The fourth-order valence-corrected chi connectivity index (χ4v) is 3.56. The van der Waals surface area contributed by atoms with Crippen LogP contribution in [-0.4, -0.2) is 33.3 Å². The molecule has 1 heterocycles. The molecule has 1 aromatic heterocycles. The molecule has 0 spiro atoms. The Hall–Kier alpha value is -4.53. The van der Waals surface area contributed by atoms with Gasteiger partial charge in [-0.25, -0.2) is 4.98 Å². The highest BCUT2D eigenvalue weighted by atomic mass is 16.6. The first-order valence-corrected chi connectivity index (χ1v) is 10.2. The first kappa shape index (κ1) is 21.7. The molecule has 1 atom stereocenters. The van der Waals surface area contributed by atoms with Crippen LogP contribution in [0.3, 0.4) is 0 Å². The zero-order valence-electron chi connectivity index (χ0n) is 17.7. The predicted octanol–water partition coefficient (Wildman–Crippen LogP) is 3.42. The average Bonchev–Trinajstić information content (AvgIpc) is 3.29. The number of carbonyl (C=O) groups excluding carboxylic acids is 2. The molecule has 0 saturated heterocycles. The van der Waals surface area contributed by atoms with Gasteiger partial charge in [-0.3, -0.25) is 19.7 Å². The number of imidazole rings is 1. The van der Waals surface area contributed by atoms with Gasteiger partial charge in [-0.2, -0.15) is 0 Å². The summed E-state index contributed by atoms with van der Waals surface area (Å²) in [5.41, 5.74) is 3.81. The van der Waals surface area contributed by atoms with E-state index in [0.29, 0.717) is 5.56 Å². The maximum absolute atomic E-state index is 12.7. The fourth-order valence-electron chi connectivity index (χ4n) is 3.56. The Labute approximate surface area is 189 Å². The van der Waals surface area contributed by atoms with Crippen molar-refractivity contribution in [3.8, 4) is 0 Å². The molecular formula is C24H21N5O4. The highest BCUT2D eigenvalue weighted by molar-refractivity contribution is 5.97. The average molecular weight is 443 g/mol. The zero-order valence-corrected chi connectivity index (χ0v) is 17.7. The van der Waals surface area contributed by atoms with Gasteiger partial charge in [0.05, 0.1) is 34.9 Å². The van der Waals surface area contributed by atoms with Crippen LogP contribution in [0, 0.1) is 17.0 Å². The van der Waals surface area contributed by atoms with E-state index >= 15 is 0 Å². The first-order chi connectivity index (χ1) is 15.9. The number of nitrogens with zero attached hydrogens (tertiary/aromatic N) is 2. The molecule has 3 N–H and O–H groups in total. The Morgan fingerprint density at radius 2 is 1.85 bits per heavy atom. The molecular weight excluding hydrogens is 422 g/mol. The van der Waals surface area contributed by atoms with Crippen molar-refractivity contribution in [2.75, 3.05) is 6.54 Å². The molecule has 9 nitrogen and oxygen atoms in total. The van der Waals surface area contributed by atoms with Crippen LogP contribution in [0.1, 0.15) is 33.1 Å². The number of aromatic nitrogens is 2. The molecule has 33 heavy (non-hydrogen) atoms. The van der Waals surface area contributed by atoms with Crippen molar-refractivity contribution in [3.63, 3.8) is 0 Å². The fraction of sp³-hybridized carbons (Fsp3) is 0.125. The Bertz CT molecular complexity index is 1330. The molecule has 0 bridgehead atoms. The van der Waals surface area contributed by atoms with Crippen molar-refractivity contribution in [3.05, 3.63) is 105 Å². The van der Waals surface area contributed by atoms with Crippen LogP contribution >= 0.6 is 0 Å². The number of aryl methyl sites for hydroxylation is 1. The molecule has 0 fully saturated rings. The molecule has 166 valence electrons. The second-order valence-electron chi connectivity index (χ2n) is 7.53. The molecule has 1 unspecified atom stereocenters. The third kappa shape index (κ3) is 4.87. The topological polar surface area (TPSA) is 130 Å². The predicted molar refractivity (Wildman–Crippen MR) is 123 cm³/mol. The van der Waals surface area contributed by atoms with E-state index in [-0.39, 0.29) is 17.8 Å². The van der Waals surface area contributed by atoms with Crippen molar-refractivity contribution in [1.82, 2.24) is 20.6 Å². The highest BCUT2D eigenvalue weighted by Crippen LogP contribution is 2.24. The number of hydrogen-bond donors (Lipinski definition) is 3. The van der Waals surface area contributed by atoms with E-state index in [9.17, 15) is 19.7 Å². The van der Waals surface area contributed by atoms with E-state index in [1.54, 1.807) is 13.3 Å². The van der Waals surface area contributed by atoms with Crippen molar-refractivity contribution in [2.24, 2.45) is 0 Å². The lowest BCUT2D eigenvalue weighted by atomic mass is 9.98. The largest absolute Gasteiger partial charge is 0.345 e. The summed E-state index contributed by atoms with van der Waals surface area (Å²) in [5, 5.41) is 16.6. The van der Waals surface area contributed by atoms with Crippen LogP contribution in [0.25, 0.3) is 11.0 Å². The summed E-state index contributed by atoms with van der Waals surface area (Å²) in [6.45, 7) is 1.31. The normalized spacial score (nSPS) is 11.7. The Morgan fingerprint density at radius 1 is 1.06 bits per heavy atom.